The molecule has 60 valence electrons. The fourth-order valence-corrected chi connectivity index (χ4v) is 1.40. The Hall–Kier alpha value is -0.480. The van der Waals surface area contributed by atoms with Crippen LogP contribution < -0.4 is 0 Å². The van der Waals surface area contributed by atoms with Crippen molar-refractivity contribution in [2.24, 2.45) is 0 Å². The SMILES string of the molecule is O=[C]c1cc(Br)c(Br)cc1[C]=O. The zero-order valence-corrected chi connectivity index (χ0v) is 8.90. The number of halogens is 2. The van der Waals surface area contributed by atoms with Crippen LogP contribution in [-0.4, -0.2) is 12.6 Å². The third kappa shape index (κ3) is 1.81. The second-order valence-electron chi connectivity index (χ2n) is 2.02. The van der Waals surface area contributed by atoms with Crippen LogP contribution in [0, 0.1) is 0 Å². The van der Waals surface area contributed by atoms with Crippen molar-refractivity contribution in [2.45, 2.75) is 0 Å². The first-order valence-corrected chi connectivity index (χ1v) is 4.53. The van der Waals surface area contributed by atoms with Gasteiger partial charge in [0.05, 0.1) is 0 Å². The van der Waals surface area contributed by atoms with Crippen molar-refractivity contribution in [2.75, 3.05) is 0 Å². The van der Waals surface area contributed by atoms with E-state index in [1.165, 1.54) is 12.1 Å². The zero-order chi connectivity index (χ0) is 9.14. The minimum absolute atomic E-state index is 0.208. The lowest BCUT2D eigenvalue weighted by Crippen LogP contribution is -1.91. The number of rotatable bonds is 2. The molecule has 0 aliphatic heterocycles. The molecule has 2 nitrogen and oxygen atoms in total. The van der Waals surface area contributed by atoms with Crippen molar-refractivity contribution in [1.82, 2.24) is 0 Å². The molecule has 1 aromatic carbocycles. The summed E-state index contributed by atoms with van der Waals surface area (Å²) in [7, 11) is 0. The van der Waals surface area contributed by atoms with Crippen molar-refractivity contribution < 1.29 is 9.59 Å². The molecule has 2 radical (unpaired) electrons. The lowest BCUT2D eigenvalue weighted by atomic mass is 10.1. The maximum atomic E-state index is 10.3. The van der Waals surface area contributed by atoms with E-state index in [4.69, 9.17) is 0 Å². The number of benzene rings is 1. The molecule has 0 fully saturated rings. The van der Waals surface area contributed by atoms with Crippen molar-refractivity contribution >= 4 is 44.4 Å². The molecule has 0 unspecified atom stereocenters. The van der Waals surface area contributed by atoms with Gasteiger partial charge >= 0.3 is 0 Å². The average Bonchev–Trinajstić information content (AvgIpc) is 2.09. The standard InChI is InChI=1S/C8H2Br2O2/c9-7-1-5(3-11)6(4-12)2-8(7)10/h1-2H. The largest absolute Gasteiger partial charge is 0.285 e. The Kier molecular flexibility index (Phi) is 3.17. The van der Waals surface area contributed by atoms with Gasteiger partial charge in [-0.3, -0.25) is 9.59 Å². The lowest BCUT2D eigenvalue weighted by molar-refractivity contribution is 0.558. The van der Waals surface area contributed by atoms with Crippen molar-refractivity contribution in [1.29, 1.82) is 0 Å². The Morgan fingerprint density at radius 2 is 1.25 bits per heavy atom. The van der Waals surface area contributed by atoms with E-state index < -0.39 is 0 Å². The molecule has 0 saturated carbocycles. The second-order valence-corrected chi connectivity index (χ2v) is 3.72. The van der Waals surface area contributed by atoms with Crippen LogP contribution in [0.25, 0.3) is 0 Å². The third-order valence-corrected chi connectivity index (χ3v) is 3.12. The van der Waals surface area contributed by atoms with Crippen LogP contribution in [0.1, 0.15) is 11.1 Å². The average molecular weight is 290 g/mol. The fourth-order valence-electron chi connectivity index (χ4n) is 0.716. The van der Waals surface area contributed by atoms with Crippen LogP contribution in [0.3, 0.4) is 0 Å². The zero-order valence-electron chi connectivity index (χ0n) is 5.73. The van der Waals surface area contributed by atoms with Crippen LogP contribution in [0.5, 0.6) is 0 Å². The molecule has 12 heavy (non-hydrogen) atoms. The molecular weight excluding hydrogens is 288 g/mol. The topological polar surface area (TPSA) is 34.1 Å². The van der Waals surface area contributed by atoms with E-state index in [2.05, 4.69) is 31.9 Å². The molecule has 0 heterocycles. The Balaban J connectivity index is 3.37. The molecule has 1 aromatic rings. The van der Waals surface area contributed by atoms with Gasteiger partial charge in [0.25, 0.3) is 0 Å². The van der Waals surface area contributed by atoms with E-state index in [0.29, 0.717) is 8.95 Å². The molecule has 0 saturated heterocycles. The molecule has 0 aliphatic rings. The summed E-state index contributed by atoms with van der Waals surface area (Å²) in [4.78, 5) is 20.6. The lowest BCUT2D eigenvalue weighted by Gasteiger charge is -1.98. The summed E-state index contributed by atoms with van der Waals surface area (Å²) in [5, 5.41) is 0. The van der Waals surface area contributed by atoms with Crippen LogP contribution in [0.15, 0.2) is 21.1 Å². The molecule has 1 rings (SSSR count). The van der Waals surface area contributed by atoms with Gasteiger partial charge in [-0.05, 0) is 44.0 Å². The maximum absolute atomic E-state index is 10.3. The second kappa shape index (κ2) is 3.96. The van der Waals surface area contributed by atoms with Crippen molar-refractivity contribution in [3.05, 3.63) is 32.2 Å². The van der Waals surface area contributed by atoms with Crippen LogP contribution >= 0.6 is 31.9 Å². The van der Waals surface area contributed by atoms with Crippen LogP contribution in [0.2, 0.25) is 0 Å². The maximum Gasteiger partial charge on any atom is 0.234 e. The van der Waals surface area contributed by atoms with Gasteiger partial charge in [-0.25, -0.2) is 0 Å². The van der Waals surface area contributed by atoms with E-state index in [1.807, 2.05) is 0 Å². The summed E-state index contributed by atoms with van der Waals surface area (Å²) in [6, 6.07) is 3.02. The monoisotopic (exact) mass is 288 g/mol. The number of hydrogen-bond donors (Lipinski definition) is 0. The van der Waals surface area contributed by atoms with Gasteiger partial charge in [-0.1, -0.05) is 0 Å². The molecule has 0 atom stereocenters. The minimum atomic E-state index is 0.208. The highest BCUT2D eigenvalue weighted by atomic mass is 79.9. The summed E-state index contributed by atoms with van der Waals surface area (Å²) >= 11 is 6.39. The van der Waals surface area contributed by atoms with Gasteiger partial charge in [0.1, 0.15) is 0 Å². The van der Waals surface area contributed by atoms with E-state index in [0.717, 1.165) is 0 Å². The van der Waals surface area contributed by atoms with E-state index in [-0.39, 0.29) is 11.1 Å². The fraction of sp³-hybridized carbons (Fsp3) is 0. The summed E-state index contributed by atoms with van der Waals surface area (Å²) in [5.41, 5.74) is 0.417. The van der Waals surface area contributed by atoms with E-state index >= 15 is 0 Å². The molecule has 0 aromatic heterocycles. The minimum Gasteiger partial charge on any atom is -0.285 e. The predicted molar refractivity (Wildman–Crippen MR) is 51.4 cm³/mol. The quantitative estimate of drug-likeness (QED) is 0.836. The Morgan fingerprint density at radius 1 is 0.917 bits per heavy atom. The molecule has 0 spiro atoms. The highest BCUT2D eigenvalue weighted by molar-refractivity contribution is 9.13. The smallest absolute Gasteiger partial charge is 0.234 e. The Morgan fingerprint density at radius 3 is 1.50 bits per heavy atom. The summed E-state index contributed by atoms with van der Waals surface area (Å²) in [6.07, 6.45) is 3.30. The van der Waals surface area contributed by atoms with E-state index in [9.17, 15) is 9.59 Å². The predicted octanol–water partition coefficient (Wildman–Crippen LogP) is 2.13. The molecule has 0 bridgehead atoms. The number of carbonyl (C=O) groups excluding carboxylic acids is 2. The molecule has 4 heteroatoms. The van der Waals surface area contributed by atoms with Crippen LogP contribution in [0.4, 0.5) is 0 Å². The third-order valence-electron chi connectivity index (χ3n) is 1.28. The van der Waals surface area contributed by atoms with Gasteiger partial charge in [0.2, 0.25) is 12.6 Å². The van der Waals surface area contributed by atoms with Crippen molar-refractivity contribution in [3.63, 3.8) is 0 Å². The van der Waals surface area contributed by atoms with Gasteiger partial charge in [-0.2, -0.15) is 0 Å². The van der Waals surface area contributed by atoms with E-state index in [1.54, 1.807) is 12.6 Å². The van der Waals surface area contributed by atoms with Crippen molar-refractivity contribution in [3.8, 4) is 0 Å². The molecule has 0 amide bonds. The summed E-state index contributed by atoms with van der Waals surface area (Å²) < 4.78 is 1.42. The highest BCUT2D eigenvalue weighted by Crippen LogP contribution is 2.25. The first kappa shape index (κ1) is 9.61. The highest BCUT2D eigenvalue weighted by Gasteiger charge is 2.06. The number of hydrogen-bond acceptors (Lipinski definition) is 2. The Bertz CT molecular complexity index is 301. The van der Waals surface area contributed by atoms with Crippen LogP contribution in [-0.2, 0) is 9.59 Å². The Labute approximate surface area is 86.2 Å². The normalized spacial score (nSPS) is 9.50. The van der Waals surface area contributed by atoms with Gasteiger partial charge in [-0.15, -0.1) is 0 Å². The molecular formula is C8H2Br2O2. The summed E-state index contributed by atoms with van der Waals surface area (Å²) in [6.45, 7) is 0. The molecule has 0 N–H and O–H groups in total. The van der Waals surface area contributed by atoms with Gasteiger partial charge in [0.15, 0.2) is 0 Å². The van der Waals surface area contributed by atoms with Gasteiger partial charge in [0, 0.05) is 20.1 Å². The first-order valence-electron chi connectivity index (χ1n) is 2.94. The van der Waals surface area contributed by atoms with Gasteiger partial charge < -0.3 is 0 Å². The summed E-state index contributed by atoms with van der Waals surface area (Å²) in [5.74, 6) is 0. The molecule has 0 aliphatic carbocycles. The first-order chi connectivity index (χ1) is 5.69.